The van der Waals surface area contributed by atoms with Crippen LogP contribution in [0.4, 0.5) is 0 Å². The van der Waals surface area contributed by atoms with Crippen molar-refractivity contribution in [3.8, 4) is 17.2 Å². The van der Waals surface area contributed by atoms with Gasteiger partial charge in [-0.05, 0) is 41.7 Å². The Hall–Kier alpha value is -2.96. The number of allylic oxidation sites excluding steroid dienone is 3. The fourth-order valence-electron chi connectivity index (χ4n) is 4.80. The van der Waals surface area contributed by atoms with Gasteiger partial charge in [-0.15, -0.1) is 0 Å². The lowest BCUT2D eigenvalue weighted by Gasteiger charge is -2.40. The van der Waals surface area contributed by atoms with Gasteiger partial charge in [0.15, 0.2) is 17.3 Å². The van der Waals surface area contributed by atoms with E-state index in [0.717, 1.165) is 22.3 Å². The van der Waals surface area contributed by atoms with Gasteiger partial charge in [-0.1, -0.05) is 0 Å². The molecule has 3 aliphatic carbocycles. The zero-order valence-corrected chi connectivity index (χ0v) is 16.3. The Morgan fingerprint density at radius 2 is 1.82 bits per heavy atom. The predicted molar refractivity (Wildman–Crippen MR) is 101 cm³/mol. The largest absolute Gasteiger partial charge is 0.493 e. The highest BCUT2D eigenvalue weighted by atomic mass is 16.5. The molecular formula is C21H23NO6. The SMILES string of the molecule is COC1=CC2C3=C(C(NC=O)CCc4cc(OC)c(OC)c(OC)c43)C2C1=O. The van der Waals surface area contributed by atoms with Crippen molar-refractivity contribution in [1.29, 1.82) is 0 Å². The minimum atomic E-state index is -0.300. The van der Waals surface area contributed by atoms with Crippen LogP contribution >= 0.6 is 0 Å². The Morgan fingerprint density at radius 1 is 1.07 bits per heavy atom. The van der Waals surface area contributed by atoms with Crippen molar-refractivity contribution in [2.45, 2.75) is 18.9 Å². The van der Waals surface area contributed by atoms with Gasteiger partial charge in [0.2, 0.25) is 17.9 Å². The van der Waals surface area contributed by atoms with Crippen LogP contribution < -0.4 is 19.5 Å². The number of carbonyl (C=O) groups excluding carboxylic acids is 2. The van der Waals surface area contributed by atoms with Crippen LogP contribution in [0.3, 0.4) is 0 Å². The van der Waals surface area contributed by atoms with Crippen LogP contribution in [0, 0.1) is 11.8 Å². The molecule has 0 saturated heterocycles. The van der Waals surface area contributed by atoms with Crippen LogP contribution in [0.2, 0.25) is 0 Å². The van der Waals surface area contributed by atoms with Gasteiger partial charge in [0, 0.05) is 11.5 Å². The van der Waals surface area contributed by atoms with E-state index in [4.69, 9.17) is 18.9 Å². The van der Waals surface area contributed by atoms with Crippen molar-refractivity contribution in [3.05, 3.63) is 34.6 Å². The first-order chi connectivity index (χ1) is 13.6. The quantitative estimate of drug-likeness (QED) is 0.753. The molecule has 1 aromatic carbocycles. The zero-order chi connectivity index (χ0) is 20.0. The number of ketones is 1. The van der Waals surface area contributed by atoms with E-state index in [1.54, 1.807) is 21.3 Å². The van der Waals surface area contributed by atoms with E-state index in [1.807, 2.05) is 12.1 Å². The van der Waals surface area contributed by atoms with Crippen molar-refractivity contribution in [1.82, 2.24) is 5.32 Å². The Morgan fingerprint density at radius 3 is 2.43 bits per heavy atom. The van der Waals surface area contributed by atoms with Crippen LogP contribution in [-0.4, -0.2) is 46.7 Å². The molecule has 3 unspecified atom stereocenters. The van der Waals surface area contributed by atoms with Crippen molar-refractivity contribution < 1.29 is 28.5 Å². The lowest BCUT2D eigenvalue weighted by atomic mass is 9.64. The molecule has 0 radical (unpaired) electrons. The Labute approximate surface area is 163 Å². The second-order valence-electron chi connectivity index (χ2n) is 7.03. The summed E-state index contributed by atoms with van der Waals surface area (Å²) in [7, 11) is 6.26. The molecule has 1 amide bonds. The van der Waals surface area contributed by atoms with Crippen LogP contribution in [-0.2, 0) is 20.7 Å². The highest BCUT2D eigenvalue weighted by molar-refractivity contribution is 6.08. The number of carbonyl (C=O) groups is 2. The van der Waals surface area contributed by atoms with Gasteiger partial charge in [-0.25, -0.2) is 0 Å². The van der Waals surface area contributed by atoms with Gasteiger partial charge in [-0.2, -0.15) is 0 Å². The number of amides is 1. The van der Waals surface area contributed by atoms with Crippen molar-refractivity contribution in [2.75, 3.05) is 28.4 Å². The van der Waals surface area contributed by atoms with E-state index < -0.39 is 0 Å². The van der Waals surface area contributed by atoms with Gasteiger partial charge in [-0.3, -0.25) is 9.59 Å². The number of nitrogens with one attached hydrogen (secondary N) is 1. The molecule has 1 aromatic rings. The number of benzene rings is 1. The zero-order valence-electron chi connectivity index (χ0n) is 16.3. The molecule has 3 aliphatic rings. The van der Waals surface area contributed by atoms with E-state index in [2.05, 4.69) is 5.32 Å². The van der Waals surface area contributed by atoms with Gasteiger partial charge in [0.05, 0.1) is 40.4 Å². The van der Waals surface area contributed by atoms with Gasteiger partial charge in [0.25, 0.3) is 0 Å². The highest BCUT2D eigenvalue weighted by Gasteiger charge is 2.54. The number of ether oxygens (including phenoxy) is 4. The summed E-state index contributed by atoms with van der Waals surface area (Å²) in [5, 5.41) is 2.89. The van der Waals surface area contributed by atoms with Gasteiger partial charge in [0.1, 0.15) is 0 Å². The predicted octanol–water partition coefficient (Wildman–Crippen LogP) is 1.89. The summed E-state index contributed by atoms with van der Waals surface area (Å²) in [4.78, 5) is 24.0. The molecule has 28 heavy (non-hydrogen) atoms. The van der Waals surface area contributed by atoms with Crippen LogP contribution in [0.1, 0.15) is 17.5 Å². The van der Waals surface area contributed by atoms with E-state index in [-0.39, 0.29) is 23.7 Å². The molecule has 3 atom stereocenters. The standard InChI is InChI=1S/C21H23NO6/c1-25-13-8-11-16-15-10(7-14(26-2)20(27-3)21(15)28-4)5-6-12(22-9-23)18(16)17(11)19(13)24/h7-9,11-12,17H,5-6H2,1-4H3,(H,22,23). The molecule has 0 heterocycles. The number of hydrogen-bond acceptors (Lipinski definition) is 6. The molecule has 0 fully saturated rings. The monoisotopic (exact) mass is 385 g/mol. The van der Waals surface area contributed by atoms with Crippen LogP contribution in [0.25, 0.3) is 5.57 Å². The Kier molecular flexibility index (Phi) is 4.53. The maximum atomic E-state index is 12.8. The third-order valence-electron chi connectivity index (χ3n) is 5.94. The van der Waals surface area contributed by atoms with E-state index in [9.17, 15) is 9.59 Å². The van der Waals surface area contributed by atoms with Crippen molar-refractivity contribution >= 4 is 17.8 Å². The number of fused-ring (bicyclic) bond motifs is 5. The Bertz CT molecular complexity index is 916. The third-order valence-corrected chi connectivity index (χ3v) is 5.94. The summed E-state index contributed by atoms with van der Waals surface area (Å²) in [6.07, 6.45) is 3.96. The second kappa shape index (κ2) is 6.89. The smallest absolute Gasteiger partial charge is 0.207 e. The van der Waals surface area contributed by atoms with Crippen LogP contribution in [0.15, 0.2) is 23.5 Å². The first-order valence-corrected chi connectivity index (χ1v) is 9.17. The average molecular weight is 385 g/mol. The number of hydrogen-bond donors (Lipinski definition) is 1. The maximum Gasteiger partial charge on any atom is 0.207 e. The first-order valence-electron chi connectivity index (χ1n) is 9.17. The fraction of sp³-hybridized carbons (Fsp3) is 0.429. The molecule has 1 N–H and O–H groups in total. The fourth-order valence-corrected chi connectivity index (χ4v) is 4.80. The topological polar surface area (TPSA) is 83.1 Å². The normalized spacial score (nSPS) is 24.8. The molecule has 7 heteroatoms. The summed E-state index contributed by atoms with van der Waals surface area (Å²) >= 11 is 0. The summed E-state index contributed by atoms with van der Waals surface area (Å²) in [5.41, 5.74) is 3.92. The molecule has 0 aromatic heterocycles. The highest BCUT2D eigenvalue weighted by Crippen LogP contribution is 2.59. The molecular weight excluding hydrogens is 362 g/mol. The molecule has 0 aliphatic heterocycles. The molecule has 0 saturated carbocycles. The van der Waals surface area contributed by atoms with Gasteiger partial charge < -0.3 is 24.3 Å². The first kappa shape index (κ1) is 18.4. The molecule has 7 nitrogen and oxygen atoms in total. The van der Waals surface area contributed by atoms with Crippen molar-refractivity contribution in [2.24, 2.45) is 11.8 Å². The summed E-state index contributed by atoms with van der Waals surface area (Å²) < 4.78 is 22.1. The average Bonchev–Trinajstić information content (AvgIpc) is 2.89. The molecule has 0 bridgehead atoms. The lowest BCUT2D eigenvalue weighted by Crippen LogP contribution is -2.42. The summed E-state index contributed by atoms with van der Waals surface area (Å²) in [6, 6.07) is 1.74. The summed E-state index contributed by atoms with van der Waals surface area (Å²) in [6.45, 7) is 0. The number of Topliss-reactive ketones (excluding diaryl/α,β-unsaturated/α-hetero) is 1. The number of aryl methyl sites for hydroxylation is 1. The van der Waals surface area contributed by atoms with E-state index in [0.29, 0.717) is 42.3 Å². The lowest BCUT2D eigenvalue weighted by molar-refractivity contribution is -0.121. The van der Waals surface area contributed by atoms with Gasteiger partial charge >= 0.3 is 0 Å². The minimum absolute atomic E-state index is 0.0353. The van der Waals surface area contributed by atoms with Crippen molar-refractivity contribution in [3.63, 3.8) is 0 Å². The number of methoxy groups -OCH3 is 4. The third kappa shape index (κ3) is 2.35. The molecule has 0 spiro atoms. The summed E-state index contributed by atoms with van der Waals surface area (Å²) in [5.74, 6) is 1.63. The Balaban J connectivity index is 1.97. The van der Waals surface area contributed by atoms with E-state index in [1.165, 1.54) is 7.11 Å². The second-order valence-corrected chi connectivity index (χ2v) is 7.03. The van der Waals surface area contributed by atoms with Crippen LogP contribution in [0.5, 0.6) is 17.2 Å². The molecule has 148 valence electrons. The minimum Gasteiger partial charge on any atom is -0.493 e. The maximum absolute atomic E-state index is 12.8. The van der Waals surface area contributed by atoms with E-state index >= 15 is 0 Å². The molecule has 4 rings (SSSR count). The number of rotatable bonds is 6.